The Hall–Kier alpha value is -1.91. The van der Waals surface area contributed by atoms with Crippen LogP contribution in [-0.4, -0.2) is 30.1 Å². The van der Waals surface area contributed by atoms with Crippen LogP contribution in [0.3, 0.4) is 0 Å². The molecule has 0 saturated heterocycles. The first kappa shape index (κ1) is 13.1. The van der Waals surface area contributed by atoms with Gasteiger partial charge in [-0.25, -0.2) is 14.6 Å². The number of esters is 2. The Morgan fingerprint density at radius 1 is 1.00 bits per heavy atom. The summed E-state index contributed by atoms with van der Waals surface area (Å²) in [6.07, 6.45) is 5.90. The van der Waals surface area contributed by atoms with Gasteiger partial charge in [-0.1, -0.05) is 0 Å². The molecule has 3 rings (SSSR count). The minimum Gasteiger partial charge on any atom is -0.462 e. The van der Waals surface area contributed by atoms with Gasteiger partial charge in [-0.2, -0.15) is 0 Å². The highest BCUT2D eigenvalue weighted by Crippen LogP contribution is 2.29. The molecule has 2 aliphatic rings. The first-order valence-corrected chi connectivity index (χ1v) is 7.02. The second-order valence-corrected chi connectivity index (χ2v) is 5.52. The van der Waals surface area contributed by atoms with Crippen molar-refractivity contribution in [2.24, 2.45) is 11.8 Å². The van der Waals surface area contributed by atoms with Crippen LogP contribution in [0.2, 0.25) is 0 Å². The zero-order valence-corrected chi connectivity index (χ0v) is 11.2. The molecule has 0 radical (unpaired) electrons. The van der Waals surface area contributed by atoms with Gasteiger partial charge in [-0.05, 0) is 49.7 Å². The van der Waals surface area contributed by atoms with Crippen molar-refractivity contribution in [3.05, 3.63) is 29.6 Å². The van der Waals surface area contributed by atoms with Crippen molar-refractivity contribution in [1.82, 2.24) is 4.98 Å². The fourth-order valence-corrected chi connectivity index (χ4v) is 1.75. The maximum atomic E-state index is 11.7. The monoisotopic (exact) mass is 275 g/mol. The predicted octanol–water partition coefficient (Wildman–Crippen LogP) is 2.22. The van der Waals surface area contributed by atoms with Crippen molar-refractivity contribution in [2.45, 2.75) is 25.7 Å². The van der Waals surface area contributed by atoms with Crippen LogP contribution in [0.1, 0.15) is 46.5 Å². The number of carbonyl (C=O) groups is 2. The van der Waals surface area contributed by atoms with Gasteiger partial charge in [0.1, 0.15) is 5.69 Å². The number of pyridine rings is 1. The van der Waals surface area contributed by atoms with Crippen LogP contribution in [-0.2, 0) is 9.47 Å². The molecule has 5 heteroatoms. The Morgan fingerprint density at radius 3 is 2.10 bits per heavy atom. The van der Waals surface area contributed by atoms with E-state index in [0.29, 0.717) is 30.6 Å². The molecule has 0 aromatic carbocycles. The third-order valence-electron chi connectivity index (χ3n) is 3.50. The number of aromatic nitrogens is 1. The van der Waals surface area contributed by atoms with E-state index in [0.717, 1.165) is 25.7 Å². The molecule has 1 heterocycles. The largest absolute Gasteiger partial charge is 0.462 e. The van der Waals surface area contributed by atoms with Gasteiger partial charge in [0.05, 0.1) is 18.8 Å². The van der Waals surface area contributed by atoms with Gasteiger partial charge in [0.2, 0.25) is 0 Å². The molecule has 0 unspecified atom stereocenters. The van der Waals surface area contributed by atoms with Gasteiger partial charge in [0.25, 0.3) is 0 Å². The average Bonchev–Trinajstić information content (AvgIpc) is 3.37. The van der Waals surface area contributed by atoms with Crippen molar-refractivity contribution in [3.8, 4) is 0 Å². The van der Waals surface area contributed by atoms with Crippen LogP contribution < -0.4 is 0 Å². The number of hydrogen-bond donors (Lipinski definition) is 0. The molecule has 106 valence electrons. The van der Waals surface area contributed by atoms with Gasteiger partial charge >= 0.3 is 11.9 Å². The van der Waals surface area contributed by atoms with E-state index in [1.165, 1.54) is 12.3 Å². The highest BCUT2D eigenvalue weighted by Gasteiger charge is 2.24. The molecule has 0 bridgehead atoms. The van der Waals surface area contributed by atoms with Gasteiger partial charge in [0, 0.05) is 6.20 Å². The number of hydrogen-bond acceptors (Lipinski definition) is 5. The molecular formula is C15H17NO4. The molecule has 5 nitrogen and oxygen atoms in total. The van der Waals surface area contributed by atoms with Crippen molar-refractivity contribution < 1.29 is 19.1 Å². The van der Waals surface area contributed by atoms with Crippen LogP contribution in [0, 0.1) is 11.8 Å². The van der Waals surface area contributed by atoms with Gasteiger partial charge in [0.15, 0.2) is 0 Å². The van der Waals surface area contributed by atoms with Crippen LogP contribution >= 0.6 is 0 Å². The molecule has 2 aliphatic carbocycles. The van der Waals surface area contributed by atoms with Crippen LogP contribution in [0.15, 0.2) is 18.3 Å². The number of nitrogens with zero attached hydrogens (tertiary/aromatic N) is 1. The smallest absolute Gasteiger partial charge is 0.356 e. The average molecular weight is 275 g/mol. The lowest BCUT2D eigenvalue weighted by Gasteiger charge is -2.05. The summed E-state index contributed by atoms with van der Waals surface area (Å²) in [5, 5.41) is 0. The first-order chi connectivity index (χ1) is 9.72. The molecule has 1 aromatic rings. The fraction of sp³-hybridized carbons (Fsp3) is 0.533. The van der Waals surface area contributed by atoms with Crippen molar-refractivity contribution >= 4 is 11.9 Å². The summed E-state index contributed by atoms with van der Waals surface area (Å²) in [6, 6.07) is 3.05. The minimum atomic E-state index is -0.435. The van der Waals surface area contributed by atoms with Crippen LogP contribution in [0.4, 0.5) is 0 Å². The summed E-state index contributed by atoms with van der Waals surface area (Å²) >= 11 is 0. The molecule has 2 fully saturated rings. The second kappa shape index (κ2) is 5.61. The molecular weight excluding hydrogens is 258 g/mol. The summed E-state index contributed by atoms with van der Waals surface area (Å²) in [7, 11) is 0. The second-order valence-electron chi connectivity index (χ2n) is 5.52. The maximum Gasteiger partial charge on any atom is 0.356 e. The summed E-state index contributed by atoms with van der Waals surface area (Å²) in [4.78, 5) is 27.3. The van der Waals surface area contributed by atoms with Gasteiger partial charge in [-0.3, -0.25) is 0 Å². The van der Waals surface area contributed by atoms with E-state index < -0.39 is 5.97 Å². The van der Waals surface area contributed by atoms with E-state index >= 15 is 0 Å². The lowest BCUT2D eigenvalue weighted by molar-refractivity contribution is 0.0466. The molecule has 2 saturated carbocycles. The summed E-state index contributed by atoms with van der Waals surface area (Å²) < 4.78 is 10.3. The van der Waals surface area contributed by atoms with Crippen LogP contribution in [0.25, 0.3) is 0 Å². The van der Waals surface area contributed by atoms with Gasteiger partial charge < -0.3 is 9.47 Å². The quantitative estimate of drug-likeness (QED) is 0.745. The molecule has 1 aromatic heterocycles. The first-order valence-electron chi connectivity index (χ1n) is 7.02. The van der Waals surface area contributed by atoms with E-state index in [4.69, 9.17) is 9.47 Å². The molecule has 0 spiro atoms. The molecule has 0 amide bonds. The predicted molar refractivity (Wildman–Crippen MR) is 70.3 cm³/mol. The molecule has 0 N–H and O–H groups in total. The highest BCUT2D eigenvalue weighted by molar-refractivity contribution is 5.91. The van der Waals surface area contributed by atoms with Crippen molar-refractivity contribution in [3.63, 3.8) is 0 Å². The van der Waals surface area contributed by atoms with E-state index in [-0.39, 0.29) is 11.7 Å². The summed E-state index contributed by atoms with van der Waals surface area (Å²) in [5.74, 6) is 0.233. The van der Waals surface area contributed by atoms with Crippen molar-refractivity contribution in [2.75, 3.05) is 13.2 Å². The fourth-order valence-electron chi connectivity index (χ4n) is 1.75. The summed E-state index contributed by atoms with van der Waals surface area (Å²) in [5.41, 5.74) is 0.591. The maximum absolute atomic E-state index is 11.7. The molecule has 0 aliphatic heterocycles. The SMILES string of the molecule is O=C(OCC1CC1)c1ccc(C(=O)OCC2CC2)nc1. The van der Waals surface area contributed by atoms with E-state index in [1.54, 1.807) is 6.07 Å². The standard InChI is InChI=1S/C15H17NO4/c17-14(19-8-10-1-2-10)12-5-6-13(16-7-12)15(18)20-9-11-3-4-11/h5-7,10-11H,1-4,8-9H2. The number of ether oxygens (including phenoxy) is 2. The third kappa shape index (κ3) is 3.56. The Balaban J connectivity index is 1.52. The zero-order valence-electron chi connectivity index (χ0n) is 11.2. The highest BCUT2D eigenvalue weighted by atomic mass is 16.5. The topological polar surface area (TPSA) is 65.5 Å². The Kier molecular flexibility index (Phi) is 3.67. The van der Waals surface area contributed by atoms with E-state index in [2.05, 4.69) is 4.98 Å². The van der Waals surface area contributed by atoms with E-state index in [1.807, 2.05) is 0 Å². The number of carbonyl (C=O) groups excluding carboxylic acids is 2. The molecule has 0 atom stereocenters. The van der Waals surface area contributed by atoms with Gasteiger partial charge in [-0.15, -0.1) is 0 Å². The normalized spacial score (nSPS) is 17.6. The zero-order chi connectivity index (χ0) is 13.9. The Morgan fingerprint density at radius 2 is 1.60 bits per heavy atom. The Bertz CT molecular complexity index is 456. The van der Waals surface area contributed by atoms with Crippen molar-refractivity contribution in [1.29, 1.82) is 0 Å². The summed E-state index contributed by atoms with van der Waals surface area (Å²) in [6.45, 7) is 0.940. The Labute approximate surface area is 117 Å². The minimum absolute atomic E-state index is 0.226. The van der Waals surface area contributed by atoms with Crippen LogP contribution in [0.5, 0.6) is 0 Å². The lowest BCUT2D eigenvalue weighted by atomic mass is 10.2. The van der Waals surface area contributed by atoms with E-state index in [9.17, 15) is 9.59 Å². The lowest BCUT2D eigenvalue weighted by Crippen LogP contribution is -2.11. The molecule has 20 heavy (non-hydrogen) atoms. The third-order valence-corrected chi connectivity index (χ3v) is 3.50. The number of rotatable bonds is 6.